The zero-order chi connectivity index (χ0) is 22.8. The van der Waals surface area contributed by atoms with E-state index in [1.165, 1.54) is 12.1 Å². The lowest BCUT2D eigenvalue weighted by molar-refractivity contribution is -0.142. The summed E-state index contributed by atoms with van der Waals surface area (Å²) in [6.45, 7) is 0. The van der Waals surface area contributed by atoms with E-state index in [0.29, 0.717) is 25.0 Å². The average molecular weight is 441 g/mol. The lowest BCUT2D eigenvalue weighted by atomic mass is 9.95. The van der Waals surface area contributed by atoms with Gasteiger partial charge in [0, 0.05) is 16.9 Å². The molecule has 166 valence electrons. The topological polar surface area (TPSA) is 82.5 Å². The highest BCUT2D eigenvalue weighted by Gasteiger charge is 2.40. The molecule has 1 aliphatic carbocycles. The van der Waals surface area contributed by atoms with Gasteiger partial charge in [-0.25, -0.2) is 18.7 Å². The van der Waals surface area contributed by atoms with E-state index in [1.807, 2.05) is 0 Å². The Hall–Kier alpha value is -3.37. The third-order valence-corrected chi connectivity index (χ3v) is 4.77. The first-order chi connectivity index (χ1) is 14.7. The van der Waals surface area contributed by atoms with Gasteiger partial charge in [-0.15, -0.1) is 0 Å². The van der Waals surface area contributed by atoms with Crippen LogP contribution < -0.4 is 5.32 Å². The molecule has 1 aromatic heterocycles. The minimum Gasteiger partial charge on any atom is -0.466 e. The smallest absolute Gasteiger partial charge is 0.435 e. The Balaban J connectivity index is 1.98. The number of halogens is 4. The van der Waals surface area contributed by atoms with Crippen molar-refractivity contribution in [1.82, 2.24) is 9.78 Å². The number of alkyl halides is 3. The number of rotatable bonds is 5. The number of benzene rings is 1. The first-order valence-corrected chi connectivity index (χ1v) is 9.28. The van der Waals surface area contributed by atoms with Crippen molar-refractivity contribution >= 4 is 17.6 Å². The van der Waals surface area contributed by atoms with Gasteiger partial charge in [0.15, 0.2) is 11.5 Å². The molecule has 1 aliphatic rings. The van der Waals surface area contributed by atoms with Crippen LogP contribution in [0.3, 0.4) is 0 Å². The van der Waals surface area contributed by atoms with Gasteiger partial charge in [0.05, 0.1) is 20.3 Å². The fraction of sp³-hybridized carbons (Fsp3) is 0.350. The molecule has 1 N–H and O–H groups in total. The Morgan fingerprint density at radius 2 is 1.87 bits per heavy atom. The number of hydrogen-bond donors (Lipinski definition) is 1. The third-order valence-electron chi connectivity index (χ3n) is 4.77. The molecular formula is C20H19F4N3O4. The standard InChI is InChI=1S/C20H19F4N3O4/c1-30-17(28)10-14(19(29)31-2)25-11-7-8-16(13(21)9-11)27-15-6-4-3-5-12(15)18(26-27)20(22,23)24/h7-10,25H,3-6H2,1-2H3/b14-10+. The van der Waals surface area contributed by atoms with E-state index in [2.05, 4.69) is 19.9 Å². The molecule has 7 nitrogen and oxygen atoms in total. The molecule has 0 fully saturated rings. The molecule has 2 aromatic rings. The number of nitrogens with zero attached hydrogens (tertiary/aromatic N) is 2. The maximum Gasteiger partial charge on any atom is 0.435 e. The van der Waals surface area contributed by atoms with Crippen LogP contribution in [0.2, 0.25) is 0 Å². The molecule has 0 saturated heterocycles. The summed E-state index contributed by atoms with van der Waals surface area (Å²) < 4.78 is 65.0. The maximum absolute atomic E-state index is 14.9. The summed E-state index contributed by atoms with van der Waals surface area (Å²) in [7, 11) is 2.21. The summed E-state index contributed by atoms with van der Waals surface area (Å²) in [4.78, 5) is 23.3. The number of ether oxygens (including phenoxy) is 2. The molecule has 0 atom stereocenters. The van der Waals surface area contributed by atoms with Gasteiger partial charge in [-0.05, 0) is 43.9 Å². The highest BCUT2D eigenvalue weighted by atomic mass is 19.4. The van der Waals surface area contributed by atoms with Gasteiger partial charge in [-0.2, -0.15) is 18.3 Å². The van der Waals surface area contributed by atoms with Crippen LogP contribution in [0.1, 0.15) is 29.8 Å². The number of aromatic nitrogens is 2. The summed E-state index contributed by atoms with van der Waals surface area (Å²) in [6, 6.07) is 3.57. The number of carbonyl (C=O) groups excluding carboxylic acids is 2. The summed E-state index contributed by atoms with van der Waals surface area (Å²) >= 11 is 0. The molecule has 0 saturated carbocycles. The normalized spacial score (nSPS) is 14.1. The SMILES string of the molecule is COC(=O)/C=C(/Nc1ccc(-n2nc(C(F)(F)F)c3c2CCCC3)c(F)c1)C(=O)OC. The molecule has 3 rings (SSSR count). The molecule has 0 unspecified atom stereocenters. The minimum atomic E-state index is -4.64. The van der Waals surface area contributed by atoms with Gasteiger partial charge in [0.1, 0.15) is 11.4 Å². The maximum atomic E-state index is 14.9. The van der Waals surface area contributed by atoms with Crippen LogP contribution in [0.15, 0.2) is 30.0 Å². The largest absolute Gasteiger partial charge is 0.466 e. The first-order valence-electron chi connectivity index (χ1n) is 9.28. The lowest BCUT2D eigenvalue weighted by Crippen LogP contribution is -2.16. The Bertz CT molecular complexity index is 1040. The second-order valence-corrected chi connectivity index (χ2v) is 6.75. The summed E-state index contributed by atoms with van der Waals surface area (Å²) in [5.74, 6) is -2.60. The minimum absolute atomic E-state index is 0.0684. The highest BCUT2D eigenvalue weighted by molar-refractivity contribution is 5.98. The van der Waals surface area contributed by atoms with Crippen molar-refractivity contribution in [1.29, 1.82) is 0 Å². The molecule has 0 aliphatic heterocycles. The van der Waals surface area contributed by atoms with Crippen LogP contribution in [-0.4, -0.2) is 35.9 Å². The highest BCUT2D eigenvalue weighted by Crippen LogP contribution is 2.37. The number of esters is 2. The van der Waals surface area contributed by atoms with E-state index >= 15 is 0 Å². The van der Waals surface area contributed by atoms with E-state index < -0.39 is 29.6 Å². The molecule has 0 radical (unpaired) electrons. The molecule has 0 amide bonds. The van der Waals surface area contributed by atoms with Crippen LogP contribution in [0.5, 0.6) is 0 Å². The Morgan fingerprint density at radius 1 is 1.16 bits per heavy atom. The molecule has 0 bridgehead atoms. The summed E-state index contributed by atoms with van der Waals surface area (Å²) in [6.07, 6.45) is -1.94. The van der Waals surface area contributed by atoms with Crippen molar-refractivity contribution < 1.29 is 36.6 Å². The second-order valence-electron chi connectivity index (χ2n) is 6.75. The molecule has 1 heterocycles. The van der Waals surface area contributed by atoms with Crippen LogP contribution in [0.4, 0.5) is 23.2 Å². The average Bonchev–Trinajstić information content (AvgIpc) is 3.12. The molecule has 11 heteroatoms. The monoisotopic (exact) mass is 441 g/mol. The van der Waals surface area contributed by atoms with Gasteiger partial charge in [-0.3, -0.25) is 0 Å². The van der Waals surface area contributed by atoms with Crippen molar-refractivity contribution in [3.63, 3.8) is 0 Å². The van der Waals surface area contributed by atoms with Gasteiger partial charge in [-0.1, -0.05) is 0 Å². The van der Waals surface area contributed by atoms with Crippen molar-refractivity contribution in [3.8, 4) is 5.69 Å². The number of nitrogens with one attached hydrogen (secondary N) is 1. The van der Waals surface area contributed by atoms with Gasteiger partial charge < -0.3 is 14.8 Å². The van der Waals surface area contributed by atoms with E-state index in [0.717, 1.165) is 31.0 Å². The lowest BCUT2D eigenvalue weighted by Gasteiger charge is -2.15. The van der Waals surface area contributed by atoms with Crippen molar-refractivity contribution in [2.24, 2.45) is 0 Å². The first kappa shape index (κ1) is 22.3. The molecule has 1 aromatic carbocycles. The van der Waals surface area contributed by atoms with E-state index in [9.17, 15) is 27.2 Å². The number of carbonyl (C=O) groups is 2. The van der Waals surface area contributed by atoms with E-state index in [4.69, 9.17) is 0 Å². The molecular weight excluding hydrogens is 422 g/mol. The predicted molar refractivity (Wildman–Crippen MR) is 101 cm³/mol. The van der Waals surface area contributed by atoms with Gasteiger partial charge in [0.2, 0.25) is 0 Å². The number of fused-ring (bicyclic) bond motifs is 1. The summed E-state index contributed by atoms with van der Waals surface area (Å²) in [5.41, 5.74) is -0.974. The van der Waals surface area contributed by atoms with Crippen molar-refractivity contribution in [2.45, 2.75) is 31.9 Å². The summed E-state index contributed by atoms with van der Waals surface area (Å²) in [5, 5.41) is 6.20. The number of hydrogen-bond acceptors (Lipinski definition) is 6. The predicted octanol–water partition coefficient (Wildman–Crippen LogP) is 3.55. The van der Waals surface area contributed by atoms with Gasteiger partial charge in [0.25, 0.3) is 0 Å². The zero-order valence-corrected chi connectivity index (χ0v) is 16.7. The number of anilines is 1. The fourth-order valence-corrected chi connectivity index (χ4v) is 3.37. The van der Waals surface area contributed by atoms with Crippen LogP contribution >= 0.6 is 0 Å². The zero-order valence-electron chi connectivity index (χ0n) is 16.7. The fourth-order valence-electron chi connectivity index (χ4n) is 3.37. The van der Waals surface area contributed by atoms with Crippen LogP contribution in [0.25, 0.3) is 5.69 Å². The quantitative estimate of drug-likeness (QED) is 0.434. The van der Waals surface area contributed by atoms with E-state index in [1.54, 1.807) is 0 Å². The Kier molecular flexibility index (Phi) is 6.32. The Labute approximate surface area is 174 Å². The Morgan fingerprint density at radius 3 is 2.48 bits per heavy atom. The van der Waals surface area contributed by atoms with Crippen LogP contribution in [-0.2, 0) is 38.1 Å². The number of methoxy groups -OCH3 is 2. The van der Waals surface area contributed by atoms with Crippen molar-refractivity contribution in [3.05, 3.63) is 52.7 Å². The van der Waals surface area contributed by atoms with Crippen molar-refractivity contribution in [2.75, 3.05) is 19.5 Å². The van der Waals surface area contributed by atoms with Crippen LogP contribution in [0, 0.1) is 5.82 Å². The molecule has 0 spiro atoms. The second kappa shape index (κ2) is 8.78. The van der Waals surface area contributed by atoms with E-state index in [-0.39, 0.29) is 29.1 Å². The molecule has 31 heavy (non-hydrogen) atoms. The van der Waals surface area contributed by atoms with Gasteiger partial charge >= 0.3 is 18.1 Å². The third kappa shape index (κ3) is 4.70.